The number of benzene rings is 2. The predicted molar refractivity (Wildman–Crippen MR) is 114 cm³/mol. The second kappa shape index (κ2) is 9.85. The highest BCUT2D eigenvalue weighted by Gasteiger charge is 2.08. The van der Waals surface area contributed by atoms with Crippen LogP contribution in [0, 0.1) is 0 Å². The Labute approximate surface area is 164 Å². The van der Waals surface area contributed by atoms with Crippen molar-refractivity contribution in [3.05, 3.63) is 107 Å². The molecule has 0 amide bonds. The van der Waals surface area contributed by atoms with Crippen LogP contribution in [0.25, 0.3) is 0 Å². The highest BCUT2D eigenvalue weighted by Crippen LogP contribution is 2.36. The molecule has 2 nitrogen and oxygen atoms in total. The molecule has 4 heteroatoms. The molecule has 0 atom stereocenters. The lowest BCUT2D eigenvalue weighted by molar-refractivity contribution is 0.104. The van der Waals surface area contributed by atoms with Crippen molar-refractivity contribution in [2.75, 3.05) is 5.32 Å². The number of rotatable bonds is 8. The van der Waals surface area contributed by atoms with E-state index in [0.29, 0.717) is 10.6 Å². The minimum absolute atomic E-state index is 0.0444. The number of ketones is 1. The van der Waals surface area contributed by atoms with Gasteiger partial charge in [-0.05, 0) is 31.2 Å². The predicted octanol–water partition coefficient (Wildman–Crippen LogP) is 6.89. The molecule has 2 aromatic carbocycles. The molecule has 26 heavy (non-hydrogen) atoms. The van der Waals surface area contributed by atoms with Gasteiger partial charge in [0.15, 0.2) is 5.78 Å². The second-order valence-electron chi connectivity index (χ2n) is 5.43. The zero-order valence-electron chi connectivity index (χ0n) is 14.5. The van der Waals surface area contributed by atoms with E-state index in [4.69, 9.17) is 11.6 Å². The third-order valence-electron chi connectivity index (χ3n) is 3.39. The lowest BCUT2D eigenvalue weighted by Crippen LogP contribution is -2.02. The standard InChI is InChI=1S/C22H20ClNOS/c1-4-9-19(5-2)26-22-15-18(23)12-13-20(22)24-16(3)14-21(25)17-10-7-6-8-11-17/h4-15,24H,1-2H2,3H3/b16-14-,19-9+. The van der Waals surface area contributed by atoms with E-state index in [2.05, 4.69) is 18.5 Å². The van der Waals surface area contributed by atoms with Gasteiger partial charge in [-0.25, -0.2) is 0 Å². The Morgan fingerprint density at radius 2 is 1.88 bits per heavy atom. The highest BCUT2D eigenvalue weighted by molar-refractivity contribution is 8.03. The normalized spacial score (nSPS) is 11.8. The van der Waals surface area contributed by atoms with Gasteiger partial charge in [-0.3, -0.25) is 4.79 Å². The van der Waals surface area contributed by atoms with Gasteiger partial charge < -0.3 is 5.32 Å². The van der Waals surface area contributed by atoms with Crippen LogP contribution in [0.5, 0.6) is 0 Å². The fraction of sp³-hybridized carbons (Fsp3) is 0.0455. The summed E-state index contributed by atoms with van der Waals surface area (Å²) >= 11 is 7.67. The maximum atomic E-state index is 12.3. The molecule has 2 aromatic rings. The topological polar surface area (TPSA) is 29.1 Å². The number of hydrogen-bond donors (Lipinski definition) is 1. The molecule has 0 radical (unpaired) electrons. The summed E-state index contributed by atoms with van der Waals surface area (Å²) in [5, 5.41) is 3.92. The number of hydrogen-bond acceptors (Lipinski definition) is 3. The van der Waals surface area contributed by atoms with Crippen LogP contribution in [0.2, 0.25) is 5.02 Å². The van der Waals surface area contributed by atoms with Crippen molar-refractivity contribution in [1.82, 2.24) is 0 Å². The molecule has 0 aliphatic carbocycles. The fourth-order valence-electron chi connectivity index (χ4n) is 2.20. The van der Waals surface area contributed by atoms with Crippen molar-refractivity contribution < 1.29 is 4.79 Å². The van der Waals surface area contributed by atoms with E-state index < -0.39 is 0 Å². The van der Waals surface area contributed by atoms with E-state index in [1.807, 2.05) is 49.4 Å². The first-order valence-corrected chi connectivity index (χ1v) is 9.20. The van der Waals surface area contributed by atoms with Crippen LogP contribution in [-0.4, -0.2) is 5.78 Å². The van der Waals surface area contributed by atoms with Crippen LogP contribution < -0.4 is 5.32 Å². The summed E-state index contributed by atoms with van der Waals surface area (Å²) in [6.07, 6.45) is 6.94. The van der Waals surface area contributed by atoms with Gasteiger partial charge in [-0.15, -0.1) is 0 Å². The Morgan fingerprint density at radius 3 is 2.54 bits per heavy atom. The van der Waals surface area contributed by atoms with Crippen molar-refractivity contribution in [2.24, 2.45) is 0 Å². The van der Waals surface area contributed by atoms with E-state index >= 15 is 0 Å². The van der Waals surface area contributed by atoms with Gasteiger partial charge in [0.2, 0.25) is 0 Å². The number of halogens is 1. The molecule has 0 aliphatic rings. The third kappa shape index (κ3) is 5.80. The molecule has 0 unspecified atom stereocenters. The average Bonchev–Trinajstić information content (AvgIpc) is 2.64. The molecular weight excluding hydrogens is 362 g/mol. The highest BCUT2D eigenvalue weighted by atomic mass is 35.5. The Balaban J connectivity index is 2.24. The average molecular weight is 382 g/mol. The minimum Gasteiger partial charge on any atom is -0.358 e. The molecular formula is C22H20ClNOS. The maximum absolute atomic E-state index is 12.3. The summed E-state index contributed by atoms with van der Waals surface area (Å²) in [6, 6.07) is 14.8. The van der Waals surface area contributed by atoms with Crippen LogP contribution in [0.1, 0.15) is 17.3 Å². The van der Waals surface area contributed by atoms with Gasteiger partial charge in [0.05, 0.1) is 5.69 Å². The summed E-state index contributed by atoms with van der Waals surface area (Å²) in [6.45, 7) is 9.39. The Bertz CT molecular complexity index is 869. The summed E-state index contributed by atoms with van der Waals surface area (Å²) in [7, 11) is 0. The molecule has 0 aromatic heterocycles. The molecule has 1 N–H and O–H groups in total. The van der Waals surface area contributed by atoms with Crippen LogP contribution in [-0.2, 0) is 0 Å². The summed E-state index contributed by atoms with van der Waals surface area (Å²) in [4.78, 5) is 14.2. The number of nitrogens with one attached hydrogen (secondary N) is 1. The number of carbonyl (C=O) groups excluding carboxylic acids is 1. The molecule has 0 bridgehead atoms. The molecule has 2 rings (SSSR count). The van der Waals surface area contributed by atoms with Gasteiger partial charge in [-0.1, -0.05) is 79.0 Å². The SMILES string of the molecule is C=C/C=C(\C=C)Sc1cc(Cl)ccc1N/C(C)=C\C(=O)c1ccccc1. The van der Waals surface area contributed by atoms with Crippen molar-refractivity contribution in [2.45, 2.75) is 11.8 Å². The van der Waals surface area contributed by atoms with Crippen LogP contribution in [0.3, 0.4) is 0 Å². The summed E-state index contributed by atoms with van der Waals surface area (Å²) in [5.41, 5.74) is 2.27. The summed E-state index contributed by atoms with van der Waals surface area (Å²) < 4.78 is 0. The first-order chi connectivity index (χ1) is 12.5. The molecule has 0 fully saturated rings. The van der Waals surface area contributed by atoms with E-state index in [1.165, 1.54) is 11.8 Å². The monoisotopic (exact) mass is 381 g/mol. The first kappa shape index (κ1) is 19.8. The smallest absolute Gasteiger partial charge is 0.187 e. The van der Waals surface area contributed by atoms with Gasteiger partial charge in [-0.2, -0.15) is 0 Å². The van der Waals surface area contributed by atoms with Crippen molar-refractivity contribution >= 4 is 34.8 Å². The largest absolute Gasteiger partial charge is 0.358 e. The van der Waals surface area contributed by atoms with E-state index in [0.717, 1.165) is 21.2 Å². The molecule has 0 saturated carbocycles. The Morgan fingerprint density at radius 1 is 1.15 bits per heavy atom. The number of thioether (sulfide) groups is 1. The van der Waals surface area contributed by atoms with Gasteiger partial charge in [0.1, 0.15) is 0 Å². The number of allylic oxidation sites excluding steroid dienone is 5. The quantitative estimate of drug-likeness (QED) is 0.233. The van der Waals surface area contributed by atoms with Gasteiger partial charge in [0, 0.05) is 32.2 Å². The Hall–Kier alpha value is -2.49. The van der Waals surface area contributed by atoms with Crippen LogP contribution >= 0.6 is 23.4 Å². The third-order valence-corrected chi connectivity index (χ3v) is 4.72. The van der Waals surface area contributed by atoms with Crippen LogP contribution in [0.4, 0.5) is 5.69 Å². The molecule has 0 spiro atoms. The first-order valence-electron chi connectivity index (χ1n) is 8.00. The fourth-order valence-corrected chi connectivity index (χ4v) is 3.35. The van der Waals surface area contributed by atoms with E-state index in [-0.39, 0.29) is 5.78 Å². The van der Waals surface area contributed by atoms with E-state index in [9.17, 15) is 4.79 Å². The van der Waals surface area contributed by atoms with Crippen molar-refractivity contribution in [3.8, 4) is 0 Å². The molecule has 0 saturated heterocycles. The number of anilines is 1. The zero-order chi connectivity index (χ0) is 18.9. The van der Waals surface area contributed by atoms with Crippen molar-refractivity contribution in [1.29, 1.82) is 0 Å². The minimum atomic E-state index is -0.0444. The van der Waals surface area contributed by atoms with E-state index in [1.54, 1.807) is 30.4 Å². The van der Waals surface area contributed by atoms with Crippen LogP contribution in [0.15, 0.2) is 101 Å². The summed E-state index contributed by atoms with van der Waals surface area (Å²) in [5.74, 6) is -0.0444. The molecule has 0 heterocycles. The Kier molecular flexibility index (Phi) is 7.52. The lowest BCUT2D eigenvalue weighted by atomic mass is 10.1. The second-order valence-corrected chi connectivity index (χ2v) is 6.99. The molecule has 0 aliphatic heterocycles. The molecule has 132 valence electrons. The number of carbonyl (C=O) groups is 1. The van der Waals surface area contributed by atoms with Gasteiger partial charge >= 0.3 is 0 Å². The van der Waals surface area contributed by atoms with Gasteiger partial charge in [0.25, 0.3) is 0 Å². The van der Waals surface area contributed by atoms with Crippen molar-refractivity contribution in [3.63, 3.8) is 0 Å². The maximum Gasteiger partial charge on any atom is 0.187 e. The zero-order valence-corrected chi connectivity index (χ0v) is 16.1. The lowest BCUT2D eigenvalue weighted by Gasteiger charge is -2.13.